The van der Waals surface area contributed by atoms with Crippen LogP contribution in [-0.2, 0) is 0 Å². The Morgan fingerprint density at radius 3 is 1.12 bits per heavy atom. The van der Waals surface area contributed by atoms with Crippen molar-refractivity contribution in [3.05, 3.63) is 97.1 Å². The molecule has 0 saturated heterocycles. The fraction of sp³-hybridized carbons (Fsp3) is 0. The third-order valence-corrected chi connectivity index (χ3v) is 5.62. The Morgan fingerprint density at radius 1 is 0.269 bits per heavy atom. The van der Waals surface area contributed by atoms with E-state index < -0.39 is 0 Å². The lowest BCUT2D eigenvalue weighted by Gasteiger charge is -2.14. The largest absolute Gasteiger partial charge is 0.0616 e. The molecule has 0 bridgehead atoms. The van der Waals surface area contributed by atoms with E-state index in [2.05, 4.69) is 97.1 Å². The van der Waals surface area contributed by atoms with Gasteiger partial charge in [0, 0.05) is 0 Å². The number of rotatable bonds is 0. The molecule has 0 heterocycles. The van der Waals surface area contributed by atoms with Gasteiger partial charge in [-0.15, -0.1) is 0 Å². The second-order valence-corrected chi connectivity index (χ2v) is 6.96. The van der Waals surface area contributed by atoms with Gasteiger partial charge in [-0.05, 0) is 53.9 Å². The highest BCUT2D eigenvalue weighted by Gasteiger charge is 2.13. The molecular weight excluding hydrogens is 312 g/mol. The summed E-state index contributed by atoms with van der Waals surface area (Å²) in [6, 6.07) is 35.3. The molecule has 6 aromatic rings. The zero-order valence-corrected chi connectivity index (χ0v) is 14.2. The van der Waals surface area contributed by atoms with E-state index in [1.54, 1.807) is 0 Å². The molecule has 6 aromatic carbocycles. The van der Waals surface area contributed by atoms with Gasteiger partial charge in [0.1, 0.15) is 0 Å². The summed E-state index contributed by atoms with van der Waals surface area (Å²) >= 11 is 0. The number of benzene rings is 6. The summed E-state index contributed by atoms with van der Waals surface area (Å²) < 4.78 is 0. The molecule has 6 rings (SSSR count). The van der Waals surface area contributed by atoms with Gasteiger partial charge < -0.3 is 0 Å². The predicted molar refractivity (Wildman–Crippen MR) is 114 cm³/mol. The third-order valence-electron chi connectivity index (χ3n) is 5.62. The Bertz CT molecular complexity index is 1360. The van der Waals surface area contributed by atoms with Gasteiger partial charge in [0.05, 0.1) is 0 Å². The molecule has 0 N–H and O–H groups in total. The maximum Gasteiger partial charge on any atom is -0.00141 e. The number of hydrogen-bond donors (Lipinski definition) is 0. The van der Waals surface area contributed by atoms with Crippen LogP contribution in [0.5, 0.6) is 0 Å². The molecule has 0 aliphatic heterocycles. The normalized spacial score (nSPS) is 11.8. The van der Waals surface area contributed by atoms with Gasteiger partial charge >= 0.3 is 0 Å². The van der Waals surface area contributed by atoms with Crippen LogP contribution in [0.25, 0.3) is 53.9 Å². The SMILES string of the molecule is c1ccc2c(c1)ccc1c3ccccc3c3ccc4ccccc4c3c21. The number of hydrogen-bond acceptors (Lipinski definition) is 0. The van der Waals surface area contributed by atoms with Gasteiger partial charge in [-0.1, -0.05) is 97.1 Å². The van der Waals surface area contributed by atoms with Crippen LogP contribution in [0.4, 0.5) is 0 Å². The topological polar surface area (TPSA) is 0 Å². The molecule has 0 fully saturated rings. The molecule has 0 aliphatic carbocycles. The summed E-state index contributed by atoms with van der Waals surface area (Å²) in [7, 11) is 0. The lowest BCUT2D eigenvalue weighted by Crippen LogP contribution is -1.86. The second-order valence-electron chi connectivity index (χ2n) is 6.96. The molecule has 0 aromatic heterocycles. The van der Waals surface area contributed by atoms with Crippen molar-refractivity contribution in [1.29, 1.82) is 0 Å². The Hall–Kier alpha value is -3.38. The summed E-state index contributed by atoms with van der Waals surface area (Å²) in [5.74, 6) is 0. The van der Waals surface area contributed by atoms with E-state index in [0.717, 1.165) is 0 Å². The Balaban J connectivity index is 2.09. The molecule has 0 spiro atoms. The minimum absolute atomic E-state index is 1.30. The van der Waals surface area contributed by atoms with Gasteiger partial charge in [0.2, 0.25) is 0 Å². The van der Waals surface area contributed by atoms with Crippen LogP contribution < -0.4 is 0 Å². The van der Waals surface area contributed by atoms with Crippen molar-refractivity contribution in [2.75, 3.05) is 0 Å². The highest BCUT2D eigenvalue weighted by molar-refractivity contribution is 6.36. The fourth-order valence-electron chi connectivity index (χ4n) is 4.48. The molecule has 0 amide bonds. The first-order valence-corrected chi connectivity index (χ1v) is 9.05. The first-order chi connectivity index (χ1) is 12.9. The molecular formula is C26H16. The van der Waals surface area contributed by atoms with Gasteiger partial charge in [-0.3, -0.25) is 0 Å². The molecule has 120 valence electrons. The van der Waals surface area contributed by atoms with E-state index in [1.165, 1.54) is 53.9 Å². The van der Waals surface area contributed by atoms with Crippen molar-refractivity contribution < 1.29 is 0 Å². The zero-order chi connectivity index (χ0) is 17.1. The highest BCUT2D eigenvalue weighted by Crippen LogP contribution is 2.41. The molecule has 0 saturated carbocycles. The van der Waals surface area contributed by atoms with Crippen molar-refractivity contribution in [3.8, 4) is 0 Å². The Kier molecular flexibility index (Phi) is 2.70. The van der Waals surface area contributed by atoms with E-state index in [-0.39, 0.29) is 0 Å². The maximum absolute atomic E-state index is 2.29. The summed E-state index contributed by atoms with van der Waals surface area (Å²) in [5.41, 5.74) is 0. The van der Waals surface area contributed by atoms with Crippen molar-refractivity contribution in [2.45, 2.75) is 0 Å². The third kappa shape index (κ3) is 1.74. The van der Waals surface area contributed by atoms with Crippen molar-refractivity contribution in [2.24, 2.45) is 0 Å². The van der Waals surface area contributed by atoms with Crippen LogP contribution in [0, 0.1) is 0 Å². The van der Waals surface area contributed by atoms with E-state index in [9.17, 15) is 0 Å². The molecule has 0 unspecified atom stereocenters. The van der Waals surface area contributed by atoms with E-state index >= 15 is 0 Å². The second kappa shape index (κ2) is 5.06. The smallest absolute Gasteiger partial charge is 0.00141 e. The Labute approximate surface area is 151 Å². The van der Waals surface area contributed by atoms with Gasteiger partial charge in [-0.25, -0.2) is 0 Å². The van der Waals surface area contributed by atoms with Crippen LogP contribution in [0.15, 0.2) is 97.1 Å². The van der Waals surface area contributed by atoms with Gasteiger partial charge in [0.25, 0.3) is 0 Å². The standard InChI is InChI=1S/C26H16/c1-3-9-19-17(7-1)13-15-23-21-11-5-6-12-22(21)24-16-14-18-8-2-4-10-20(18)26(24)25(19)23/h1-16H. The maximum atomic E-state index is 2.29. The van der Waals surface area contributed by atoms with Crippen LogP contribution in [0.2, 0.25) is 0 Å². The summed E-state index contributed by atoms with van der Waals surface area (Å²) in [6.07, 6.45) is 0. The van der Waals surface area contributed by atoms with Crippen molar-refractivity contribution in [1.82, 2.24) is 0 Å². The highest BCUT2D eigenvalue weighted by atomic mass is 14.2. The van der Waals surface area contributed by atoms with Crippen molar-refractivity contribution in [3.63, 3.8) is 0 Å². The summed E-state index contributed by atoms with van der Waals surface area (Å²) in [4.78, 5) is 0. The minimum Gasteiger partial charge on any atom is -0.0616 e. The summed E-state index contributed by atoms with van der Waals surface area (Å²) in [5, 5.41) is 13.3. The lowest BCUT2D eigenvalue weighted by molar-refractivity contribution is 1.78. The lowest BCUT2D eigenvalue weighted by atomic mass is 9.89. The fourth-order valence-corrected chi connectivity index (χ4v) is 4.48. The molecule has 0 atom stereocenters. The van der Waals surface area contributed by atoms with Crippen LogP contribution >= 0.6 is 0 Å². The van der Waals surface area contributed by atoms with Crippen LogP contribution in [0.1, 0.15) is 0 Å². The van der Waals surface area contributed by atoms with Crippen LogP contribution in [-0.4, -0.2) is 0 Å². The van der Waals surface area contributed by atoms with E-state index in [0.29, 0.717) is 0 Å². The zero-order valence-electron chi connectivity index (χ0n) is 14.2. The minimum atomic E-state index is 1.30. The quantitative estimate of drug-likeness (QED) is 0.254. The first kappa shape index (κ1) is 13.9. The van der Waals surface area contributed by atoms with Crippen molar-refractivity contribution >= 4 is 53.9 Å². The summed E-state index contributed by atoms with van der Waals surface area (Å²) in [6.45, 7) is 0. The molecule has 0 nitrogen and oxygen atoms in total. The van der Waals surface area contributed by atoms with E-state index in [1.807, 2.05) is 0 Å². The van der Waals surface area contributed by atoms with Gasteiger partial charge in [-0.2, -0.15) is 0 Å². The Morgan fingerprint density at radius 2 is 0.654 bits per heavy atom. The van der Waals surface area contributed by atoms with Crippen LogP contribution in [0.3, 0.4) is 0 Å². The monoisotopic (exact) mass is 328 g/mol. The molecule has 0 radical (unpaired) electrons. The average molecular weight is 328 g/mol. The molecule has 0 heteroatoms. The predicted octanol–water partition coefficient (Wildman–Crippen LogP) is 7.45. The molecule has 0 aliphatic rings. The molecule has 26 heavy (non-hydrogen) atoms. The number of fused-ring (bicyclic) bond motifs is 10. The van der Waals surface area contributed by atoms with Gasteiger partial charge in [0.15, 0.2) is 0 Å². The average Bonchev–Trinajstić information content (AvgIpc) is 2.73. The van der Waals surface area contributed by atoms with E-state index in [4.69, 9.17) is 0 Å². The first-order valence-electron chi connectivity index (χ1n) is 9.05.